The van der Waals surface area contributed by atoms with Gasteiger partial charge in [-0.1, -0.05) is 35.9 Å². The number of allylic oxidation sites excluding steroid dienone is 1. The molecule has 0 radical (unpaired) electrons. The minimum atomic E-state index is -0.467. The van der Waals surface area contributed by atoms with Gasteiger partial charge < -0.3 is 9.47 Å². The first-order chi connectivity index (χ1) is 10.2. The summed E-state index contributed by atoms with van der Waals surface area (Å²) in [7, 11) is 0. The van der Waals surface area contributed by atoms with E-state index in [0.29, 0.717) is 22.9 Å². The fourth-order valence-electron chi connectivity index (χ4n) is 1.77. The molecular formula is C17H15ClO3. The molecule has 0 bridgehead atoms. The van der Waals surface area contributed by atoms with Gasteiger partial charge in [-0.05, 0) is 42.3 Å². The van der Waals surface area contributed by atoms with Crippen LogP contribution in [0.25, 0.3) is 0 Å². The van der Waals surface area contributed by atoms with Gasteiger partial charge in [0.2, 0.25) is 0 Å². The Balaban J connectivity index is 1.92. The highest BCUT2D eigenvalue weighted by Gasteiger charge is 2.08. The Hall–Kier alpha value is -2.26. The summed E-state index contributed by atoms with van der Waals surface area (Å²) in [6, 6.07) is 14.1. The zero-order chi connectivity index (χ0) is 15.1. The number of esters is 1. The molecule has 0 unspecified atom stereocenters. The fraction of sp³-hybridized carbons (Fsp3) is 0.118. The Morgan fingerprint density at radius 2 is 1.86 bits per heavy atom. The van der Waals surface area contributed by atoms with Crippen LogP contribution in [0.1, 0.15) is 5.56 Å². The molecule has 4 heteroatoms. The molecule has 0 saturated heterocycles. The maximum atomic E-state index is 11.7. The summed E-state index contributed by atoms with van der Waals surface area (Å²) in [4.78, 5) is 11.7. The normalized spacial score (nSPS) is 9.95. The third-order valence-corrected chi connectivity index (χ3v) is 2.98. The molecule has 108 valence electrons. The van der Waals surface area contributed by atoms with Crippen molar-refractivity contribution in [3.05, 3.63) is 71.8 Å². The lowest BCUT2D eigenvalue weighted by Gasteiger charge is -2.10. The molecule has 0 aliphatic carbocycles. The van der Waals surface area contributed by atoms with Crippen molar-refractivity contribution in [2.24, 2.45) is 0 Å². The Bertz CT molecular complexity index is 620. The number of carbonyl (C=O) groups excluding carboxylic acids is 1. The number of halogens is 1. The van der Waals surface area contributed by atoms with Crippen molar-refractivity contribution >= 4 is 17.6 Å². The van der Waals surface area contributed by atoms with E-state index >= 15 is 0 Å². The van der Waals surface area contributed by atoms with E-state index in [4.69, 9.17) is 21.1 Å². The number of rotatable bonds is 6. The van der Waals surface area contributed by atoms with Crippen molar-refractivity contribution in [2.45, 2.75) is 6.42 Å². The highest BCUT2D eigenvalue weighted by Crippen LogP contribution is 2.19. The average Bonchev–Trinajstić information content (AvgIpc) is 2.49. The smallest absolute Gasteiger partial charge is 0.349 e. The number of hydrogen-bond acceptors (Lipinski definition) is 3. The van der Waals surface area contributed by atoms with E-state index in [9.17, 15) is 4.79 Å². The quantitative estimate of drug-likeness (QED) is 0.459. The minimum Gasteiger partial charge on any atom is -0.482 e. The van der Waals surface area contributed by atoms with Crippen molar-refractivity contribution in [1.82, 2.24) is 0 Å². The molecule has 0 heterocycles. The van der Waals surface area contributed by atoms with Crippen LogP contribution < -0.4 is 9.47 Å². The predicted octanol–water partition coefficient (Wildman–Crippen LogP) is 4.05. The zero-order valence-corrected chi connectivity index (χ0v) is 12.2. The topological polar surface area (TPSA) is 35.5 Å². The number of benzene rings is 2. The van der Waals surface area contributed by atoms with Gasteiger partial charge in [0.1, 0.15) is 11.5 Å². The van der Waals surface area contributed by atoms with Gasteiger partial charge in [0.15, 0.2) is 6.61 Å². The SMILES string of the molecule is C=CCc1ccccc1OCC(=O)Oc1ccc(Cl)cc1. The summed E-state index contributed by atoms with van der Waals surface area (Å²) in [5, 5.41) is 0.587. The number of hydrogen-bond donors (Lipinski definition) is 0. The average molecular weight is 303 g/mol. The zero-order valence-electron chi connectivity index (χ0n) is 11.4. The van der Waals surface area contributed by atoms with Crippen LogP contribution in [0.5, 0.6) is 11.5 Å². The summed E-state index contributed by atoms with van der Waals surface area (Å²) in [5.41, 5.74) is 0.979. The van der Waals surface area contributed by atoms with Crippen LogP contribution >= 0.6 is 11.6 Å². The second-order valence-corrected chi connectivity index (χ2v) is 4.75. The molecule has 0 saturated carbocycles. The second-order valence-electron chi connectivity index (χ2n) is 4.32. The third-order valence-electron chi connectivity index (χ3n) is 2.73. The lowest BCUT2D eigenvalue weighted by molar-refractivity contribution is -0.136. The van der Waals surface area contributed by atoms with Crippen molar-refractivity contribution in [2.75, 3.05) is 6.61 Å². The summed E-state index contributed by atoms with van der Waals surface area (Å²) in [5.74, 6) is 0.628. The molecule has 0 aromatic heterocycles. The Morgan fingerprint density at radius 1 is 1.14 bits per heavy atom. The largest absolute Gasteiger partial charge is 0.482 e. The van der Waals surface area contributed by atoms with Crippen molar-refractivity contribution in [1.29, 1.82) is 0 Å². The molecule has 0 aliphatic rings. The van der Waals surface area contributed by atoms with Crippen LogP contribution in [0, 0.1) is 0 Å². The van der Waals surface area contributed by atoms with Gasteiger partial charge in [0, 0.05) is 5.02 Å². The first-order valence-electron chi connectivity index (χ1n) is 6.47. The summed E-state index contributed by atoms with van der Waals surface area (Å²) in [6.07, 6.45) is 2.47. The molecule has 0 fully saturated rings. The number of carbonyl (C=O) groups is 1. The molecule has 3 nitrogen and oxygen atoms in total. The van der Waals surface area contributed by atoms with Gasteiger partial charge in [-0.15, -0.1) is 6.58 Å². The highest BCUT2D eigenvalue weighted by atomic mass is 35.5. The van der Waals surface area contributed by atoms with Gasteiger partial charge >= 0.3 is 5.97 Å². The maximum absolute atomic E-state index is 11.7. The van der Waals surface area contributed by atoms with E-state index in [1.54, 1.807) is 30.3 Å². The molecule has 2 aromatic rings. The van der Waals surface area contributed by atoms with Crippen LogP contribution in [0.2, 0.25) is 5.02 Å². The number of ether oxygens (including phenoxy) is 2. The Morgan fingerprint density at radius 3 is 2.57 bits per heavy atom. The lowest BCUT2D eigenvalue weighted by atomic mass is 10.1. The van der Waals surface area contributed by atoms with Crippen molar-refractivity contribution in [3.63, 3.8) is 0 Å². The van der Waals surface area contributed by atoms with E-state index < -0.39 is 5.97 Å². The Kier molecular flexibility index (Phi) is 5.41. The van der Waals surface area contributed by atoms with E-state index in [-0.39, 0.29) is 6.61 Å². The van der Waals surface area contributed by atoms with Crippen molar-refractivity contribution < 1.29 is 14.3 Å². The monoisotopic (exact) mass is 302 g/mol. The van der Waals surface area contributed by atoms with Gasteiger partial charge in [0.05, 0.1) is 0 Å². The summed E-state index contributed by atoms with van der Waals surface area (Å²) >= 11 is 5.76. The molecule has 0 N–H and O–H groups in total. The van der Waals surface area contributed by atoms with Gasteiger partial charge in [-0.25, -0.2) is 4.79 Å². The maximum Gasteiger partial charge on any atom is 0.349 e. The molecule has 2 rings (SSSR count). The molecular weight excluding hydrogens is 288 g/mol. The van der Waals surface area contributed by atoms with E-state index in [1.165, 1.54) is 0 Å². The number of para-hydroxylation sites is 1. The third kappa shape index (κ3) is 4.65. The molecule has 0 atom stereocenters. The van der Waals surface area contributed by atoms with Crippen LogP contribution in [-0.2, 0) is 11.2 Å². The van der Waals surface area contributed by atoms with E-state index in [1.807, 2.05) is 24.3 Å². The van der Waals surface area contributed by atoms with Crippen molar-refractivity contribution in [3.8, 4) is 11.5 Å². The van der Waals surface area contributed by atoms with Crippen LogP contribution in [0.4, 0.5) is 0 Å². The van der Waals surface area contributed by atoms with Crippen LogP contribution in [-0.4, -0.2) is 12.6 Å². The first kappa shape index (κ1) is 15.1. The summed E-state index contributed by atoms with van der Waals surface area (Å²) in [6.45, 7) is 3.54. The van der Waals surface area contributed by atoms with Gasteiger partial charge in [-0.3, -0.25) is 0 Å². The fourth-order valence-corrected chi connectivity index (χ4v) is 1.89. The summed E-state index contributed by atoms with van der Waals surface area (Å²) < 4.78 is 10.6. The highest BCUT2D eigenvalue weighted by molar-refractivity contribution is 6.30. The second kappa shape index (κ2) is 7.50. The molecule has 2 aromatic carbocycles. The molecule has 0 spiro atoms. The molecule has 21 heavy (non-hydrogen) atoms. The predicted molar refractivity (Wildman–Crippen MR) is 82.9 cm³/mol. The first-order valence-corrected chi connectivity index (χ1v) is 6.84. The standard InChI is InChI=1S/C17H15ClO3/c1-2-5-13-6-3-4-7-16(13)20-12-17(19)21-15-10-8-14(18)9-11-15/h2-4,6-11H,1,5,12H2. The van der Waals surface area contributed by atoms with E-state index in [2.05, 4.69) is 6.58 Å². The molecule has 0 aliphatic heterocycles. The van der Waals surface area contributed by atoms with Crippen LogP contribution in [0.15, 0.2) is 61.2 Å². The molecule has 0 amide bonds. The minimum absolute atomic E-state index is 0.156. The van der Waals surface area contributed by atoms with E-state index in [0.717, 1.165) is 5.56 Å². The van der Waals surface area contributed by atoms with Crippen LogP contribution in [0.3, 0.4) is 0 Å². The Labute approximate surface area is 128 Å². The lowest BCUT2D eigenvalue weighted by Crippen LogP contribution is -2.18. The van der Waals surface area contributed by atoms with Gasteiger partial charge in [-0.2, -0.15) is 0 Å². The van der Waals surface area contributed by atoms with Gasteiger partial charge in [0.25, 0.3) is 0 Å².